The Morgan fingerprint density at radius 3 is 2.21 bits per heavy atom. The van der Waals surface area contributed by atoms with Crippen molar-refractivity contribution in [1.29, 1.82) is 0 Å². The Hall–Kier alpha value is -0.610. The molecule has 0 aliphatic carbocycles. The van der Waals surface area contributed by atoms with E-state index >= 15 is 0 Å². The molecule has 0 aromatic heterocycles. The van der Waals surface area contributed by atoms with Crippen LogP contribution in [0.5, 0.6) is 0 Å². The standard InChI is InChI=1S/C15H28O4/c1-8-9-11-15(7,19-18-11)12(16)17-14(5,6)10-13(2,3)4/h11H,8-10H2,1-7H3. The van der Waals surface area contributed by atoms with E-state index in [0.717, 1.165) is 19.3 Å². The molecule has 0 aromatic carbocycles. The summed E-state index contributed by atoms with van der Waals surface area (Å²) in [7, 11) is 0. The number of carbonyl (C=O) groups is 1. The fourth-order valence-electron chi connectivity index (χ4n) is 2.68. The number of ether oxygens (including phenoxy) is 1. The van der Waals surface area contributed by atoms with Gasteiger partial charge >= 0.3 is 5.97 Å². The van der Waals surface area contributed by atoms with Crippen molar-refractivity contribution in [3.63, 3.8) is 0 Å². The van der Waals surface area contributed by atoms with E-state index < -0.39 is 11.2 Å². The van der Waals surface area contributed by atoms with Crippen LogP contribution in [0, 0.1) is 5.41 Å². The van der Waals surface area contributed by atoms with Crippen LogP contribution >= 0.6 is 0 Å². The van der Waals surface area contributed by atoms with Crippen LogP contribution in [0.3, 0.4) is 0 Å². The molecule has 0 radical (unpaired) electrons. The Labute approximate surface area is 116 Å². The number of rotatable bonds is 5. The van der Waals surface area contributed by atoms with Crippen LogP contribution in [0.2, 0.25) is 0 Å². The third-order valence-electron chi connectivity index (χ3n) is 3.23. The Morgan fingerprint density at radius 2 is 1.84 bits per heavy atom. The van der Waals surface area contributed by atoms with Gasteiger partial charge in [0.05, 0.1) is 0 Å². The number of carbonyl (C=O) groups excluding carboxylic acids is 1. The molecule has 112 valence electrons. The molecule has 2 atom stereocenters. The molecule has 4 nitrogen and oxygen atoms in total. The lowest BCUT2D eigenvalue weighted by atomic mass is 9.83. The predicted octanol–water partition coefficient (Wildman–Crippen LogP) is 3.63. The first-order chi connectivity index (χ1) is 8.50. The smallest absolute Gasteiger partial charge is 0.344 e. The van der Waals surface area contributed by atoms with Crippen molar-refractivity contribution < 1.29 is 19.3 Å². The zero-order valence-electron chi connectivity index (χ0n) is 13.3. The average Bonchev–Trinajstić information content (AvgIpc) is 2.18. The van der Waals surface area contributed by atoms with Crippen LogP contribution in [-0.2, 0) is 19.3 Å². The van der Waals surface area contributed by atoms with Gasteiger partial charge in [0.2, 0.25) is 5.60 Å². The summed E-state index contributed by atoms with van der Waals surface area (Å²) in [6.45, 7) is 14.1. The molecule has 0 N–H and O–H groups in total. The second-order valence-corrected chi connectivity index (χ2v) is 7.45. The van der Waals surface area contributed by atoms with Gasteiger partial charge in [0.25, 0.3) is 0 Å². The Bertz CT molecular complexity index is 330. The molecule has 0 bridgehead atoms. The summed E-state index contributed by atoms with van der Waals surface area (Å²) in [6.07, 6.45) is 2.34. The fourth-order valence-corrected chi connectivity index (χ4v) is 2.68. The van der Waals surface area contributed by atoms with Gasteiger partial charge in [-0.25, -0.2) is 14.6 Å². The number of esters is 1. The summed E-state index contributed by atoms with van der Waals surface area (Å²) in [5, 5.41) is 0. The van der Waals surface area contributed by atoms with E-state index in [2.05, 4.69) is 27.7 Å². The third kappa shape index (κ3) is 4.18. The lowest BCUT2D eigenvalue weighted by molar-refractivity contribution is -0.494. The largest absolute Gasteiger partial charge is 0.457 e. The predicted molar refractivity (Wildman–Crippen MR) is 73.5 cm³/mol. The van der Waals surface area contributed by atoms with Crippen LogP contribution in [0.4, 0.5) is 0 Å². The highest BCUT2D eigenvalue weighted by atomic mass is 17.3. The van der Waals surface area contributed by atoms with Crippen LogP contribution < -0.4 is 0 Å². The van der Waals surface area contributed by atoms with Gasteiger partial charge in [0.15, 0.2) is 0 Å². The molecule has 19 heavy (non-hydrogen) atoms. The van der Waals surface area contributed by atoms with Crippen molar-refractivity contribution in [3.05, 3.63) is 0 Å². The van der Waals surface area contributed by atoms with Crippen LogP contribution in [0.25, 0.3) is 0 Å². The summed E-state index contributed by atoms with van der Waals surface area (Å²) in [5.41, 5.74) is -1.36. The van der Waals surface area contributed by atoms with E-state index in [0.29, 0.717) is 0 Å². The van der Waals surface area contributed by atoms with Gasteiger partial charge in [-0.3, -0.25) is 0 Å². The third-order valence-corrected chi connectivity index (χ3v) is 3.23. The molecule has 0 amide bonds. The first-order valence-electron chi connectivity index (χ1n) is 7.08. The molecular weight excluding hydrogens is 244 g/mol. The maximum Gasteiger partial charge on any atom is 0.344 e. The molecule has 0 saturated carbocycles. The molecule has 4 heteroatoms. The topological polar surface area (TPSA) is 44.8 Å². The minimum absolute atomic E-state index is 0.102. The molecule has 1 rings (SSSR count). The highest BCUT2D eigenvalue weighted by molar-refractivity contribution is 5.81. The van der Waals surface area contributed by atoms with Crippen LogP contribution in [-0.4, -0.2) is 23.3 Å². The monoisotopic (exact) mass is 272 g/mol. The Morgan fingerprint density at radius 1 is 1.26 bits per heavy atom. The van der Waals surface area contributed by atoms with Crippen molar-refractivity contribution >= 4 is 5.97 Å². The summed E-state index contributed by atoms with van der Waals surface area (Å²) >= 11 is 0. The molecule has 0 aromatic rings. The van der Waals surface area contributed by atoms with Gasteiger partial charge in [-0.2, -0.15) is 0 Å². The van der Waals surface area contributed by atoms with Crippen molar-refractivity contribution in [2.75, 3.05) is 0 Å². The summed E-state index contributed by atoms with van der Waals surface area (Å²) in [4.78, 5) is 22.4. The molecule has 1 heterocycles. The Kier molecular flexibility index (Phi) is 4.68. The SMILES string of the molecule is CCCC1OOC1(C)C(=O)OC(C)(C)CC(C)(C)C. The highest BCUT2D eigenvalue weighted by Crippen LogP contribution is 2.37. The van der Waals surface area contributed by atoms with E-state index in [1.54, 1.807) is 6.92 Å². The first kappa shape index (κ1) is 16.4. The maximum atomic E-state index is 12.3. The number of hydrogen-bond donors (Lipinski definition) is 0. The molecule has 0 spiro atoms. The molecule has 1 saturated heterocycles. The van der Waals surface area contributed by atoms with Crippen LogP contribution in [0.1, 0.15) is 67.7 Å². The van der Waals surface area contributed by atoms with Crippen molar-refractivity contribution in [2.24, 2.45) is 5.41 Å². The maximum absolute atomic E-state index is 12.3. The molecule has 1 fully saturated rings. The minimum atomic E-state index is -0.953. The van der Waals surface area contributed by atoms with Gasteiger partial charge in [0.1, 0.15) is 11.7 Å². The summed E-state index contributed by atoms with van der Waals surface area (Å²) in [6, 6.07) is 0. The number of hydrogen-bond acceptors (Lipinski definition) is 4. The zero-order chi connectivity index (χ0) is 14.9. The fraction of sp³-hybridized carbons (Fsp3) is 0.933. The molecular formula is C15H28O4. The average molecular weight is 272 g/mol. The summed E-state index contributed by atoms with van der Waals surface area (Å²) in [5.74, 6) is -0.327. The minimum Gasteiger partial charge on any atom is -0.457 e. The second kappa shape index (κ2) is 5.41. The van der Waals surface area contributed by atoms with Gasteiger partial charge in [-0.05, 0) is 39.0 Å². The first-order valence-corrected chi connectivity index (χ1v) is 7.08. The Balaban J connectivity index is 2.64. The van der Waals surface area contributed by atoms with E-state index in [-0.39, 0.29) is 17.5 Å². The lowest BCUT2D eigenvalue weighted by Crippen LogP contribution is -2.61. The molecule has 1 aliphatic heterocycles. The normalized spacial score (nSPS) is 27.8. The zero-order valence-corrected chi connectivity index (χ0v) is 13.3. The van der Waals surface area contributed by atoms with E-state index in [9.17, 15) is 4.79 Å². The lowest BCUT2D eigenvalue weighted by Gasteiger charge is -2.44. The van der Waals surface area contributed by atoms with E-state index in [1.807, 2.05) is 13.8 Å². The highest BCUT2D eigenvalue weighted by Gasteiger charge is 2.55. The van der Waals surface area contributed by atoms with Gasteiger partial charge in [-0.15, -0.1) is 0 Å². The molecule has 1 aliphatic rings. The van der Waals surface area contributed by atoms with Gasteiger partial charge in [-0.1, -0.05) is 34.1 Å². The molecule has 2 unspecified atom stereocenters. The van der Waals surface area contributed by atoms with Crippen molar-refractivity contribution in [1.82, 2.24) is 0 Å². The summed E-state index contributed by atoms with van der Waals surface area (Å²) < 4.78 is 5.65. The van der Waals surface area contributed by atoms with Gasteiger partial charge in [0, 0.05) is 0 Å². The van der Waals surface area contributed by atoms with E-state index in [4.69, 9.17) is 14.5 Å². The van der Waals surface area contributed by atoms with Gasteiger partial charge < -0.3 is 4.74 Å². The van der Waals surface area contributed by atoms with Crippen LogP contribution in [0.15, 0.2) is 0 Å². The second-order valence-electron chi connectivity index (χ2n) is 7.45. The van der Waals surface area contributed by atoms with Crippen molar-refractivity contribution in [3.8, 4) is 0 Å². The quantitative estimate of drug-likeness (QED) is 0.566. The van der Waals surface area contributed by atoms with Crippen molar-refractivity contribution in [2.45, 2.75) is 85.0 Å². The van der Waals surface area contributed by atoms with E-state index in [1.165, 1.54) is 0 Å².